The Kier molecular flexibility index (Phi) is 3.70. The molecule has 0 saturated heterocycles. The molecule has 0 bridgehead atoms. The van der Waals surface area contributed by atoms with E-state index in [1.165, 1.54) is 0 Å². The minimum atomic E-state index is -2.18. The SMILES string of the molecule is C[C@H](CC(F)F)N(C)C. The lowest BCUT2D eigenvalue weighted by molar-refractivity contribution is 0.104. The third kappa shape index (κ3) is 4.33. The lowest BCUT2D eigenvalue weighted by atomic mass is 10.2. The first kappa shape index (κ1) is 8.82. The zero-order chi connectivity index (χ0) is 7.44. The first-order valence-electron chi connectivity index (χ1n) is 2.98. The van der Waals surface area contributed by atoms with Crippen molar-refractivity contribution in [2.45, 2.75) is 25.8 Å². The van der Waals surface area contributed by atoms with Gasteiger partial charge in [0.05, 0.1) is 0 Å². The number of hydrogen-bond donors (Lipinski definition) is 0. The molecule has 1 nitrogen and oxygen atoms in total. The lowest BCUT2D eigenvalue weighted by Crippen LogP contribution is -2.26. The average molecular weight is 137 g/mol. The highest BCUT2D eigenvalue weighted by molar-refractivity contribution is 4.59. The highest BCUT2D eigenvalue weighted by Gasteiger charge is 2.10. The summed E-state index contributed by atoms with van der Waals surface area (Å²) in [6.45, 7) is 1.78. The highest BCUT2D eigenvalue weighted by Crippen LogP contribution is 2.06. The van der Waals surface area contributed by atoms with Gasteiger partial charge in [0.15, 0.2) is 0 Å². The summed E-state index contributed by atoms with van der Waals surface area (Å²) in [6.07, 6.45) is -2.21. The Morgan fingerprint density at radius 2 is 1.78 bits per heavy atom. The zero-order valence-corrected chi connectivity index (χ0v) is 6.06. The van der Waals surface area contributed by atoms with Crippen LogP contribution in [0.2, 0.25) is 0 Å². The van der Waals surface area contributed by atoms with E-state index in [4.69, 9.17) is 0 Å². The van der Waals surface area contributed by atoms with E-state index >= 15 is 0 Å². The van der Waals surface area contributed by atoms with Gasteiger partial charge < -0.3 is 4.90 Å². The van der Waals surface area contributed by atoms with Crippen molar-refractivity contribution >= 4 is 0 Å². The smallest absolute Gasteiger partial charge is 0.240 e. The predicted octanol–water partition coefficient (Wildman–Crippen LogP) is 1.59. The first-order chi connectivity index (χ1) is 4.04. The second kappa shape index (κ2) is 3.77. The molecule has 56 valence electrons. The molecule has 0 aliphatic heterocycles. The fraction of sp³-hybridized carbons (Fsp3) is 1.00. The van der Waals surface area contributed by atoms with Crippen molar-refractivity contribution in [2.24, 2.45) is 0 Å². The highest BCUT2D eigenvalue weighted by atomic mass is 19.3. The van der Waals surface area contributed by atoms with Crippen LogP contribution in [0.1, 0.15) is 13.3 Å². The molecule has 3 heteroatoms. The predicted molar refractivity (Wildman–Crippen MR) is 33.8 cm³/mol. The van der Waals surface area contributed by atoms with Crippen molar-refractivity contribution in [3.63, 3.8) is 0 Å². The Morgan fingerprint density at radius 3 is 1.89 bits per heavy atom. The molecule has 0 heterocycles. The number of hydrogen-bond acceptors (Lipinski definition) is 1. The molecule has 1 atom stereocenters. The normalized spacial score (nSPS) is 15.0. The van der Waals surface area contributed by atoms with E-state index in [0.29, 0.717) is 0 Å². The Hall–Kier alpha value is -0.180. The Bertz CT molecular complexity index is 73.5. The Labute approximate surface area is 54.7 Å². The van der Waals surface area contributed by atoms with Crippen molar-refractivity contribution in [1.82, 2.24) is 4.90 Å². The van der Waals surface area contributed by atoms with Crippen LogP contribution in [0.5, 0.6) is 0 Å². The summed E-state index contributed by atoms with van der Waals surface area (Å²) in [7, 11) is 3.60. The molecule has 9 heavy (non-hydrogen) atoms. The molecule has 0 aromatic heterocycles. The van der Waals surface area contributed by atoms with Gasteiger partial charge in [0.1, 0.15) is 0 Å². The number of rotatable bonds is 3. The van der Waals surface area contributed by atoms with Crippen LogP contribution < -0.4 is 0 Å². The maximum atomic E-state index is 11.6. The molecular weight excluding hydrogens is 124 g/mol. The summed E-state index contributed by atoms with van der Waals surface area (Å²) in [5.74, 6) is 0. The maximum absolute atomic E-state index is 11.6. The van der Waals surface area contributed by atoms with Crippen LogP contribution in [-0.4, -0.2) is 31.5 Å². The largest absolute Gasteiger partial charge is 0.307 e. The van der Waals surface area contributed by atoms with Gasteiger partial charge in [0.2, 0.25) is 6.43 Å². The summed E-state index contributed by atoms with van der Waals surface area (Å²) in [5.41, 5.74) is 0. The minimum absolute atomic E-state index is 0.0231. The Balaban J connectivity index is 3.38. The molecule has 0 spiro atoms. The molecule has 0 radical (unpaired) electrons. The van der Waals surface area contributed by atoms with E-state index in [2.05, 4.69) is 0 Å². The van der Waals surface area contributed by atoms with Gasteiger partial charge in [-0.3, -0.25) is 0 Å². The third-order valence-electron chi connectivity index (χ3n) is 1.40. The number of nitrogens with zero attached hydrogens (tertiary/aromatic N) is 1. The molecule has 0 aliphatic rings. The summed E-state index contributed by atoms with van der Waals surface area (Å²) < 4.78 is 23.2. The van der Waals surface area contributed by atoms with Gasteiger partial charge in [-0.25, -0.2) is 8.78 Å². The standard InChI is InChI=1S/C6H13F2N/c1-5(9(2)3)4-6(7)8/h5-6H,4H2,1-3H3/t5-/m1/s1. The van der Waals surface area contributed by atoms with E-state index in [0.717, 1.165) is 0 Å². The van der Waals surface area contributed by atoms with Gasteiger partial charge in [-0.2, -0.15) is 0 Å². The van der Waals surface area contributed by atoms with Gasteiger partial charge in [-0.05, 0) is 21.0 Å². The Morgan fingerprint density at radius 1 is 1.33 bits per heavy atom. The van der Waals surface area contributed by atoms with E-state index in [1.807, 2.05) is 0 Å². The third-order valence-corrected chi connectivity index (χ3v) is 1.40. The van der Waals surface area contributed by atoms with E-state index in [-0.39, 0.29) is 12.5 Å². The summed E-state index contributed by atoms with van der Waals surface area (Å²) in [4.78, 5) is 1.78. The quantitative estimate of drug-likeness (QED) is 0.571. The van der Waals surface area contributed by atoms with Crippen molar-refractivity contribution in [1.29, 1.82) is 0 Å². The van der Waals surface area contributed by atoms with Gasteiger partial charge in [-0.15, -0.1) is 0 Å². The summed E-state index contributed by atoms with van der Waals surface area (Å²) in [6, 6.07) is -0.0231. The fourth-order valence-corrected chi connectivity index (χ4v) is 0.469. The number of halogens is 2. The second-order valence-corrected chi connectivity index (χ2v) is 2.44. The van der Waals surface area contributed by atoms with Crippen LogP contribution in [0.15, 0.2) is 0 Å². The average Bonchev–Trinajstić information content (AvgIpc) is 1.63. The minimum Gasteiger partial charge on any atom is -0.307 e. The molecule has 0 aromatic carbocycles. The molecule has 0 fully saturated rings. The summed E-state index contributed by atoms with van der Waals surface area (Å²) in [5, 5.41) is 0. The van der Waals surface area contributed by atoms with Crippen LogP contribution in [-0.2, 0) is 0 Å². The lowest BCUT2D eigenvalue weighted by Gasteiger charge is -2.18. The molecule has 0 aromatic rings. The van der Waals surface area contributed by atoms with Gasteiger partial charge in [0, 0.05) is 12.5 Å². The molecule has 0 N–H and O–H groups in total. The zero-order valence-electron chi connectivity index (χ0n) is 6.06. The monoisotopic (exact) mass is 137 g/mol. The molecule has 0 saturated carbocycles. The van der Waals surface area contributed by atoms with Crippen LogP contribution in [0.3, 0.4) is 0 Å². The summed E-state index contributed by atoms with van der Waals surface area (Å²) >= 11 is 0. The van der Waals surface area contributed by atoms with Crippen molar-refractivity contribution < 1.29 is 8.78 Å². The van der Waals surface area contributed by atoms with E-state index in [9.17, 15) is 8.78 Å². The van der Waals surface area contributed by atoms with Gasteiger partial charge in [0.25, 0.3) is 0 Å². The van der Waals surface area contributed by atoms with Gasteiger partial charge >= 0.3 is 0 Å². The topological polar surface area (TPSA) is 3.24 Å². The van der Waals surface area contributed by atoms with Crippen molar-refractivity contribution in [2.75, 3.05) is 14.1 Å². The molecule has 0 rings (SSSR count). The van der Waals surface area contributed by atoms with Crippen molar-refractivity contribution in [3.8, 4) is 0 Å². The fourth-order valence-electron chi connectivity index (χ4n) is 0.469. The van der Waals surface area contributed by atoms with Gasteiger partial charge in [-0.1, -0.05) is 0 Å². The number of alkyl halides is 2. The maximum Gasteiger partial charge on any atom is 0.240 e. The second-order valence-electron chi connectivity index (χ2n) is 2.44. The molecule has 0 aliphatic carbocycles. The van der Waals surface area contributed by atoms with E-state index in [1.54, 1.807) is 25.9 Å². The molecule has 0 amide bonds. The van der Waals surface area contributed by atoms with Crippen LogP contribution in [0.25, 0.3) is 0 Å². The van der Waals surface area contributed by atoms with Crippen molar-refractivity contribution in [3.05, 3.63) is 0 Å². The van der Waals surface area contributed by atoms with Crippen LogP contribution in [0.4, 0.5) is 8.78 Å². The van der Waals surface area contributed by atoms with Crippen LogP contribution >= 0.6 is 0 Å². The first-order valence-corrected chi connectivity index (χ1v) is 2.98. The molecular formula is C6H13F2N. The van der Waals surface area contributed by atoms with E-state index < -0.39 is 6.43 Å². The van der Waals surface area contributed by atoms with Crippen LogP contribution in [0, 0.1) is 0 Å². The molecule has 0 unspecified atom stereocenters.